The molecule has 0 radical (unpaired) electrons. The van der Waals surface area contributed by atoms with Crippen molar-refractivity contribution in [2.75, 3.05) is 7.11 Å². The number of alkyl halides is 3. The molecule has 2 aromatic heterocycles. The van der Waals surface area contributed by atoms with Crippen LogP contribution in [0.4, 0.5) is 17.6 Å². The van der Waals surface area contributed by atoms with Gasteiger partial charge >= 0.3 is 17.8 Å². The van der Waals surface area contributed by atoms with E-state index >= 15 is 0 Å². The van der Waals surface area contributed by atoms with E-state index < -0.39 is 47.7 Å². The Labute approximate surface area is 178 Å². The van der Waals surface area contributed by atoms with E-state index in [4.69, 9.17) is 0 Å². The maximum absolute atomic E-state index is 13.9. The van der Waals surface area contributed by atoms with Crippen LogP contribution in [0, 0.1) is 19.7 Å². The van der Waals surface area contributed by atoms with Gasteiger partial charge in [-0.15, -0.1) is 0 Å². The third kappa shape index (κ3) is 4.48. The highest BCUT2D eigenvalue weighted by Gasteiger charge is 2.42. The van der Waals surface area contributed by atoms with E-state index in [1.54, 1.807) is 18.3 Å². The molecule has 0 fully saturated rings. The lowest BCUT2D eigenvalue weighted by Crippen LogP contribution is -2.47. The molecule has 32 heavy (non-hydrogen) atoms. The zero-order chi connectivity index (χ0) is 23.8. The number of ether oxygens (including phenoxy) is 1. The number of nitrogens with one attached hydrogen (secondary N) is 2. The summed E-state index contributed by atoms with van der Waals surface area (Å²) in [5.74, 6) is -2.88. The van der Waals surface area contributed by atoms with Crippen molar-refractivity contribution >= 4 is 17.5 Å². The van der Waals surface area contributed by atoms with E-state index in [1.165, 1.54) is 25.1 Å². The summed E-state index contributed by atoms with van der Waals surface area (Å²) in [6, 6.07) is 3.16. The predicted molar refractivity (Wildman–Crippen MR) is 105 cm³/mol. The number of aromatic nitrogens is 3. The van der Waals surface area contributed by atoms with Crippen LogP contribution in [0.25, 0.3) is 16.9 Å². The molecule has 0 aliphatic heterocycles. The number of carbonyl (C=O) groups excluding carboxylic acids is 2. The summed E-state index contributed by atoms with van der Waals surface area (Å²) < 4.78 is 58.8. The summed E-state index contributed by atoms with van der Waals surface area (Å²) in [6.07, 6.45) is -6.04. The normalized spacial score (nSPS) is 12.6. The van der Waals surface area contributed by atoms with Crippen LogP contribution in [0.2, 0.25) is 0 Å². The van der Waals surface area contributed by atoms with Gasteiger partial charge in [-0.25, -0.2) is 18.6 Å². The van der Waals surface area contributed by atoms with Gasteiger partial charge in [0, 0.05) is 11.6 Å². The molecule has 1 atom stereocenters. The van der Waals surface area contributed by atoms with Crippen LogP contribution in [0.5, 0.6) is 0 Å². The highest BCUT2D eigenvalue weighted by atomic mass is 19.4. The average molecular weight is 454 g/mol. The third-order valence-corrected chi connectivity index (χ3v) is 4.85. The van der Waals surface area contributed by atoms with Gasteiger partial charge in [0.05, 0.1) is 24.9 Å². The van der Waals surface area contributed by atoms with E-state index in [0.717, 1.165) is 11.5 Å². The van der Waals surface area contributed by atoms with Gasteiger partial charge in [-0.05, 0) is 25.5 Å². The zero-order valence-corrected chi connectivity index (χ0v) is 17.1. The van der Waals surface area contributed by atoms with E-state index in [0.29, 0.717) is 11.1 Å². The second-order valence-electron chi connectivity index (χ2n) is 7.04. The molecule has 2 N–H and O–H groups in total. The van der Waals surface area contributed by atoms with Crippen LogP contribution < -0.4 is 11.0 Å². The average Bonchev–Trinajstić information content (AvgIpc) is 3.05. The Balaban J connectivity index is 2.00. The number of H-pyrrole nitrogens is 1. The number of aryl methyl sites for hydroxylation is 2. The van der Waals surface area contributed by atoms with Crippen LogP contribution in [0.15, 0.2) is 29.1 Å². The van der Waals surface area contributed by atoms with Crippen molar-refractivity contribution in [3.05, 3.63) is 57.5 Å². The fraction of sp³-hybridized carbons (Fsp3) is 0.300. The van der Waals surface area contributed by atoms with Crippen LogP contribution >= 0.6 is 0 Å². The summed E-state index contributed by atoms with van der Waals surface area (Å²) in [5.41, 5.74) is -0.236. The number of amides is 1. The van der Waals surface area contributed by atoms with Crippen molar-refractivity contribution in [1.29, 1.82) is 0 Å². The van der Waals surface area contributed by atoms with E-state index in [1.807, 2.05) is 0 Å². The summed E-state index contributed by atoms with van der Waals surface area (Å²) in [6.45, 7) is 2.90. The second kappa shape index (κ2) is 8.44. The first-order valence-electron chi connectivity index (χ1n) is 9.25. The molecule has 1 aromatic carbocycles. The molecular formula is C20H18F4N4O4. The number of methoxy groups -OCH3 is 1. The van der Waals surface area contributed by atoms with Crippen molar-refractivity contribution in [2.24, 2.45) is 0 Å². The van der Waals surface area contributed by atoms with Crippen molar-refractivity contribution in [2.45, 2.75) is 32.5 Å². The fourth-order valence-corrected chi connectivity index (χ4v) is 3.07. The van der Waals surface area contributed by atoms with Gasteiger partial charge in [-0.1, -0.05) is 12.1 Å². The Morgan fingerprint density at radius 2 is 1.94 bits per heavy atom. The molecule has 170 valence electrons. The Hall–Kier alpha value is -3.70. The number of fused-ring (bicyclic) bond motifs is 1. The number of hydrogen-bond acceptors (Lipinski definition) is 5. The molecule has 3 aromatic rings. The molecule has 3 rings (SSSR count). The first kappa shape index (κ1) is 23.0. The topological polar surface area (TPSA) is 106 Å². The Bertz CT molecular complexity index is 1260. The van der Waals surface area contributed by atoms with Gasteiger partial charge in [0.1, 0.15) is 23.2 Å². The highest BCUT2D eigenvalue weighted by molar-refractivity contribution is 5.95. The summed E-state index contributed by atoms with van der Waals surface area (Å²) in [5, 5.41) is 1.72. The third-order valence-electron chi connectivity index (χ3n) is 4.85. The summed E-state index contributed by atoms with van der Waals surface area (Å²) in [4.78, 5) is 42.9. The molecule has 0 bridgehead atoms. The fourth-order valence-electron chi connectivity index (χ4n) is 3.07. The lowest BCUT2D eigenvalue weighted by Gasteiger charge is -2.20. The highest BCUT2D eigenvalue weighted by Crippen LogP contribution is 2.24. The van der Waals surface area contributed by atoms with Crippen molar-refractivity contribution in [3.63, 3.8) is 0 Å². The van der Waals surface area contributed by atoms with Gasteiger partial charge in [-0.3, -0.25) is 9.59 Å². The molecule has 12 heteroatoms. The summed E-state index contributed by atoms with van der Waals surface area (Å²) >= 11 is 0. The molecule has 0 saturated heterocycles. The number of rotatable bonds is 5. The largest absolute Gasteiger partial charge is 0.469 e. The number of halogens is 4. The van der Waals surface area contributed by atoms with Crippen molar-refractivity contribution in [3.8, 4) is 11.3 Å². The minimum atomic E-state index is -4.92. The molecule has 0 saturated carbocycles. The molecule has 1 unspecified atom stereocenters. The number of nitrogens with zero attached hydrogens (tertiary/aromatic N) is 2. The molecule has 1 amide bonds. The standard InChI is InChI=1S/C20H18F4N4O4/c1-9-4-5-11(6-12(9)21)13-7-15-27-17(10(2)28(15)19(31)25-13)18(30)26-14(20(22,23)24)8-16(29)32-3/h4-7,14H,8H2,1-3H3,(H,25,31)(H,26,30). The molecule has 0 spiro atoms. The molecule has 8 nitrogen and oxygen atoms in total. The quantitative estimate of drug-likeness (QED) is 0.456. The summed E-state index contributed by atoms with van der Waals surface area (Å²) in [7, 11) is 0.924. The molecule has 0 aliphatic rings. The number of benzene rings is 1. The van der Waals surface area contributed by atoms with Gasteiger partial charge in [0.25, 0.3) is 5.91 Å². The number of aromatic amines is 1. The lowest BCUT2D eigenvalue weighted by molar-refractivity contribution is -0.166. The molecular weight excluding hydrogens is 436 g/mol. The monoisotopic (exact) mass is 454 g/mol. The van der Waals surface area contributed by atoms with Crippen LogP contribution in [0.3, 0.4) is 0 Å². The van der Waals surface area contributed by atoms with Crippen LogP contribution in [0.1, 0.15) is 28.2 Å². The maximum Gasteiger partial charge on any atom is 0.409 e. The van der Waals surface area contributed by atoms with Crippen LogP contribution in [-0.4, -0.2) is 45.6 Å². The van der Waals surface area contributed by atoms with Crippen molar-refractivity contribution in [1.82, 2.24) is 19.7 Å². The SMILES string of the molecule is COC(=O)CC(NC(=O)c1nc2cc(-c3ccc(C)c(F)c3)[nH]c(=O)n2c1C)C(F)(F)F. The Morgan fingerprint density at radius 1 is 1.25 bits per heavy atom. The van der Waals surface area contributed by atoms with Gasteiger partial charge in [0.15, 0.2) is 0 Å². The lowest BCUT2D eigenvalue weighted by atomic mass is 10.1. The first-order chi connectivity index (χ1) is 14.9. The van der Waals surface area contributed by atoms with Gasteiger partial charge in [0.2, 0.25) is 0 Å². The first-order valence-corrected chi connectivity index (χ1v) is 9.25. The van der Waals surface area contributed by atoms with Gasteiger partial charge in [-0.2, -0.15) is 13.2 Å². The Morgan fingerprint density at radius 3 is 2.53 bits per heavy atom. The molecule has 2 heterocycles. The zero-order valence-electron chi connectivity index (χ0n) is 17.1. The van der Waals surface area contributed by atoms with Crippen LogP contribution in [-0.2, 0) is 9.53 Å². The van der Waals surface area contributed by atoms with Gasteiger partial charge < -0.3 is 15.0 Å². The predicted octanol–water partition coefficient (Wildman–Crippen LogP) is 2.67. The molecule has 0 aliphatic carbocycles. The van der Waals surface area contributed by atoms with E-state index in [-0.39, 0.29) is 17.0 Å². The number of imidazole rings is 1. The maximum atomic E-state index is 13.9. The minimum Gasteiger partial charge on any atom is -0.469 e. The second-order valence-corrected chi connectivity index (χ2v) is 7.04. The number of hydrogen-bond donors (Lipinski definition) is 2. The van der Waals surface area contributed by atoms with E-state index in [9.17, 15) is 31.9 Å². The number of esters is 1. The number of carbonyl (C=O) groups is 2. The smallest absolute Gasteiger partial charge is 0.409 e. The Kier molecular flexibility index (Phi) is 6.06. The van der Waals surface area contributed by atoms with Crippen molar-refractivity contribution < 1.29 is 31.9 Å². The minimum absolute atomic E-state index is 0.0145. The van der Waals surface area contributed by atoms with E-state index in [2.05, 4.69) is 14.7 Å².